The van der Waals surface area contributed by atoms with Crippen molar-refractivity contribution in [3.05, 3.63) is 0 Å². The van der Waals surface area contributed by atoms with Crippen LogP contribution in [0.4, 0.5) is 0 Å². The number of carbonyl (C=O) groups excluding carboxylic acids is 4. The molecule has 2 atom stereocenters. The Morgan fingerprint density at radius 3 is 1.76 bits per heavy atom. The number of alkyl halides is 1. The average Bonchev–Trinajstić information content (AvgIpc) is 2.42. The zero-order valence-electron chi connectivity index (χ0n) is 13.5. The van der Waals surface area contributed by atoms with Crippen molar-refractivity contribution in [2.24, 2.45) is 28.6 Å². The van der Waals surface area contributed by atoms with E-state index in [0.717, 1.165) is 0 Å². The van der Waals surface area contributed by atoms with Crippen LogP contribution in [0.15, 0.2) is 0 Å². The average molecular weight is 359 g/mol. The van der Waals surface area contributed by atoms with Gasteiger partial charge in [0.1, 0.15) is 5.92 Å². The topological polar surface area (TPSA) is 68.3 Å². The maximum atomic E-state index is 12.6. The minimum absolute atomic E-state index is 0.0157. The molecule has 4 nitrogen and oxygen atoms in total. The van der Waals surface area contributed by atoms with Crippen LogP contribution < -0.4 is 0 Å². The van der Waals surface area contributed by atoms with E-state index in [9.17, 15) is 19.2 Å². The lowest BCUT2D eigenvalue weighted by atomic mass is 9.57. The molecule has 0 heterocycles. The van der Waals surface area contributed by atoms with Crippen molar-refractivity contribution in [3.63, 3.8) is 0 Å². The molecule has 1 saturated carbocycles. The molecule has 0 spiro atoms. The predicted molar refractivity (Wildman–Crippen MR) is 83.2 cm³/mol. The molecule has 118 valence electrons. The summed E-state index contributed by atoms with van der Waals surface area (Å²) in [5.41, 5.74) is -2.59. The molecule has 1 aliphatic rings. The highest BCUT2D eigenvalue weighted by Gasteiger charge is 2.60. The first kappa shape index (κ1) is 18.2. The highest BCUT2D eigenvalue weighted by molar-refractivity contribution is 9.09. The Balaban J connectivity index is 3.29. The largest absolute Gasteiger partial charge is 0.298 e. The third-order valence-electron chi connectivity index (χ3n) is 4.72. The van der Waals surface area contributed by atoms with Crippen molar-refractivity contribution in [3.8, 4) is 0 Å². The van der Waals surface area contributed by atoms with E-state index in [4.69, 9.17) is 0 Å². The molecule has 5 heteroatoms. The number of halogens is 1. The fourth-order valence-electron chi connectivity index (χ4n) is 2.78. The summed E-state index contributed by atoms with van der Waals surface area (Å²) in [5.74, 6) is -3.61. The monoisotopic (exact) mass is 358 g/mol. The molecule has 2 unspecified atom stereocenters. The van der Waals surface area contributed by atoms with E-state index >= 15 is 0 Å². The van der Waals surface area contributed by atoms with Gasteiger partial charge in [0.05, 0.1) is 10.8 Å². The second-order valence-electron chi connectivity index (χ2n) is 7.06. The van der Waals surface area contributed by atoms with Crippen LogP contribution in [-0.4, -0.2) is 28.5 Å². The van der Waals surface area contributed by atoms with Gasteiger partial charge in [-0.05, 0) is 33.6 Å². The molecule has 0 radical (unpaired) electrons. The summed E-state index contributed by atoms with van der Waals surface area (Å²) >= 11 is 3.32. The van der Waals surface area contributed by atoms with Crippen LogP contribution in [0.25, 0.3) is 0 Å². The van der Waals surface area contributed by atoms with E-state index in [1.807, 2.05) is 6.92 Å². The van der Waals surface area contributed by atoms with E-state index in [1.54, 1.807) is 6.92 Å². The lowest BCUT2D eigenvalue weighted by Crippen LogP contribution is -2.60. The minimum Gasteiger partial charge on any atom is -0.298 e. The second kappa shape index (κ2) is 5.75. The third kappa shape index (κ3) is 2.77. The van der Waals surface area contributed by atoms with Gasteiger partial charge in [-0.3, -0.25) is 19.2 Å². The van der Waals surface area contributed by atoms with Crippen LogP contribution in [0.2, 0.25) is 0 Å². The Bertz CT molecular complexity index is 474. The van der Waals surface area contributed by atoms with Gasteiger partial charge in [-0.2, -0.15) is 0 Å². The molecule has 1 fully saturated rings. The maximum Gasteiger partial charge on any atom is 0.163 e. The van der Waals surface area contributed by atoms with E-state index in [-0.39, 0.29) is 11.7 Å². The third-order valence-corrected chi connectivity index (χ3v) is 5.74. The highest BCUT2D eigenvalue weighted by Crippen LogP contribution is 2.42. The summed E-state index contributed by atoms with van der Waals surface area (Å²) in [5, 5.41) is 0.612. The summed E-state index contributed by atoms with van der Waals surface area (Å²) in [6, 6.07) is 0. The fourth-order valence-corrected chi connectivity index (χ4v) is 3.34. The standard InChI is InChI=1S/C16H23BrO4/c1-8(7-17)9(2)11(18)10-12(19)15(3,4)14(21)16(5,6)13(10)20/h8-10H,7H2,1-6H3. The molecule has 0 N–H and O–H groups in total. The van der Waals surface area contributed by atoms with Gasteiger partial charge in [0, 0.05) is 11.2 Å². The Kier molecular flexibility index (Phi) is 4.98. The van der Waals surface area contributed by atoms with Crippen molar-refractivity contribution in [1.82, 2.24) is 0 Å². The molecular formula is C16H23BrO4. The van der Waals surface area contributed by atoms with Crippen LogP contribution in [0.5, 0.6) is 0 Å². The fraction of sp³-hybridized carbons (Fsp3) is 0.750. The van der Waals surface area contributed by atoms with Gasteiger partial charge in [0.15, 0.2) is 23.1 Å². The number of ketones is 4. The number of hydrogen-bond acceptors (Lipinski definition) is 4. The Morgan fingerprint density at radius 1 is 1.05 bits per heavy atom. The second-order valence-corrected chi connectivity index (χ2v) is 7.71. The van der Waals surface area contributed by atoms with Gasteiger partial charge in [0.2, 0.25) is 0 Å². The number of Topliss-reactive ketones (excluding diaryl/α,β-unsaturated/α-hetero) is 4. The lowest BCUT2D eigenvalue weighted by molar-refractivity contribution is -0.162. The Labute approximate surface area is 134 Å². The quantitative estimate of drug-likeness (QED) is 0.572. The first-order chi connectivity index (χ1) is 9.40. The van der Waals surface area contributed by atoms with Gasteiger partial charge < -0.3 is 0 Å². The SMILES string of the molecule is CC(CBr)C(C)C(=O)C1C(=O)C(C)(C)C(=O)C(C)(C)C1=O. The summed E-state index contributed by atoms with van der Waals surface area (Å²) in [6.07, 6.45) is 0. The Hall–Kier alpha value is -0.840. The van der Waals surface area contributed by atoms with Crippen LogP contribution >= 0.6 is 15.9 Å². The van der Waals surface area contributed by atoms with Gasteiger partial charge in [-0.15, -0.1) is 0 Å². The molecule has 0 aromatic rings. The smallest absolute Gasteiger partial charge is 0.163 e. The summed E-state index contributed by atoms with van der Waals surface area (Å²) in [6.45, 7) is 9.63. The molecule has 0 aromatic carbocycles. The van der Waals surface area contributed by atoms with E-state index in [0.29, 0.717) is 5.33 Å². The lowest BCUT2D eigenvalue weighted by Gasteiger charge is -2.40. The van der Waals surface area contributed by atoms with Crippen molar-refractivity contribution < 1.29 is 19.2 Å². The molecule has 21 heavy (non-hydrogen) atoms. The van der Waals surface area contributed by atoms with Crippen LogP contribution in [0.3, 0.4) is 0 Å². The molecule has 1 aliphatic carbocycles. The van der Waals surface area contributed by atoms with Crippen LogP contribution in [0.1, 0.15) is 41.5 Å². The van der Waals surface area contributed by atoms with Gasteiger partial charge in [-0.1, -0.05) is 29.8 Å². The molecule has 0 amide bonds. The molecular weight excluding hydrogens is 336 g/mol. The van der Waals surface area contributed by atoms with Crippen LogP contribution in [-0.2, 0) is 19.2 Å². The van der Waals surface area contributed by atoms with Crippen molar-refractivity contribution in [1.29, 1.82) is 0 Å². The Morgan fingerprint density at radius 2 is 1.43 bits per heavy atom. The zero-order valence-corrected chi connectivity index (χ0v) is 15.0. The predicted octanol–water partition coefficient (Wildman–Crippen LogP) is 2.61. The molecule has 0 bridgehead atoms. The molecule has 0 saturated heterocycles. The number of hydrogen-bond donors (Lipinski definition) is 0. The van der Waals surface area contributed by atoms with Gasteiger partial charge in [-0.25, -0.2) is 0 Å². The van der Waals surface area contributed by atoms with E-state index in [2.05, 4.69) is 15.9 Å². The molecule has 0 aromatic heterocycles. The molecule has 0 aliphatic heterocycles. The molecule has 1 rings (SSSR count). The maximum absolute atomic E-state index is 12.6. The summed E-state index contributed by atoms with van der Waals surface area (Å²) in [4.78, 5) is 50.1. The zero-order chi connectivity index (χ0) is 16.7. The number of carbonyl (C=O) groups is 4. The van der Waals surface area contributed by atoms with E-state index in [1.165, 1.54) is 27.7 Å². The first-order valence-corrected chi connectivity index (χ1v) is 8.26. The van der Waals surface area contributed by atoms with Crippen LogP contribution in [0, 0.1) is 28.6 Å². The van der Waals surface area contributed by atoms with Gasteiger partial charge in [0.25, 0.3) is 0 Å². The van der Waals surface area contributed by atoms with Gasteiger partial charge >= 0.3 is 0 Å². The van der Waals surface area contributed by atoms with Crippen molar-refractivity contribution in [2.75, 3.05) is 5.33 Å². The highest BCUT2D eigenvalue weighted by atomic mass is 79.9. The normalized spacial score (nSPS) is 24.8. The van der Waals surface area contributed by atoms with Crippen molar-refractivity contribution >= 4 is 39.1 Å². The van der Waals surface area contributed by atoms with E-state index < -0.39 is 40.0 Å². The first-order valence-electron chi connectivity index (χ1n) is 7.13. The van der Waals surface area contributed by atoms with Crippen molar-refractivity contribution in [2.45, 2.75) is 41.5 Å². The minimum atomic E-state index is -1.32. The summed E-state index contributed by atoms with van der Waals surface area (Å²) in [7, 11) is 0. The summed E-state index contributed by atoms with van der Waals surface area (Å²) < 4.78 is 0. The number of rotatable bonds is 4.